The van der Waals surface area contributed by atoms with Crippen LogP contribution in [-0.4, -0.2) is 25.2 Å². The van der Waals surface area contributed by atoms with Gasteiger partial charge >= 0.3 is 0 Å². The Morgan fingerprint density at radius 3 is 2.50 bits per heavy atom. The predicted octanol–water partition coefficient (Wildman–Crippen LogP) is 2.24. The van der Waals surface area contributed by atoms with Gasteiger partial charge in [-0.05, 0) is 24.6 Å². The Bertz CT molecular complexity index is 692. The smallest absolute Gasteiger partial charge is 0.244 e. The summed E-state index contributed by atoms with van der Waals surface area (Å²) in [5, 5.41) is 2.85. The molecule has 2 unspecified atom stereocenters. The Morgan fingerprint density at radius 2 is 1.79 bits per heavy atom. The van der Waals surface area contributed by atoms with Crippen LogP contribution in [0.2, 0.25) is 0 Å². The number of benzene rings is 2. The van der Waals surface area contributed by atoms with Gasteiger partial charge in [0.1, 0.15) is 18.2 Å². The standard InChI is InChI=1S/C18H20N2O3.ClH/c1-18(19,13-7-3-2-4-8-13)17(21)20-11-14-12-22-15-9-5-6-10-16(15)23-14;/h2-10,14H,11-12,19H2,1H3,(H,20,21);1H. The monoisotopic (exact) mass is 348 g/mol. The molecule has 1 amide bonds. The molecule has 0 saturated heterocycles. The first-order valence-electron chi connectivity index (χ1n) is 7.58. The van der Waals surface area contributed by atoms with E-state index in [1.165, 1.54) is 0 Å². The van der Waals surface area contributed by atoms with Crippen LogP contribution in [0.25, 0.3) is 0 Å². The van der Waals surface area contributed by atoms with Crippen LogP contribution in [0.1, 0.15) is 12.5 Å². The number of amides is 1. The van der Waals surface area contributed by atoms with Crippen molar-refractivity contribution in [2.24, 2.45) is 5.73 Å². The van der Waals surface area contributed by atoms with Crippen molar-refractivity contribution >= 4 is 18.3 Å². The van der Waals surface area contributed by atoms with Gasteiger partial charge in [-0.25, -0.2) is 0 Å². The molecule has 0 bridgehead atoms. The van der Waals surface area contributed by atoms with Gasteiger partial charge in [-0.2, -0.15) is 0 Å². The van der Waals surface area contributed by atoms with E-state index in [9.17, 15) is 4.79 Å². The molecular formula is C18H21ClN2O3. The highest BCUT2D eigenvalue weighted by Crippen LogP contribution is 2.30. The third kappa shape index (κ3) is 3.80. The van der Waals surface area contributed by atoms with Gasteiger partial charge in [-0.1, -0.05) is 42.5 Å². The van der Waals surface area contributed by atoms with Crippen LogP contribution >= 0.6 is 12.4 Å². The van der Waals surface area contributed by atoms with Crippen molar-refractivity contribution in [3.05, 3.63) is 60.2 Å². The van der Waals surface area contributed by atoms with Crippen LogP contribution in [0, 0.1) is 0 Å². The van der Waals surface area contributed by atoms with E-state index in [1.54, 1.807) is 6.92 Å². The molecule has 0 aromatic heterocycles. The first-order chi connectivity index (χ1) is 11.1. The van der Waals surface area contributed by atoms with Gasteiger partial charge in [-0.15, -0.1) is 12.4 Å². The van der Waals surface area contributed by atoms with Gasteiger partial charge in [0.05, 0.1) is 6.54 Å². The van der Waals surface area contributed by atoms with Crippen molar-refractivity contribution in [2.75, 3.05) is 13.2 Å². The molecule has 5 nitrogen and oxygen atoms in total. The average molecular weight is 349 g/mol. The fourth-order valence-electron chi connectivity index (χ4n) is 2.47. The second-order valence-corrected chi connectivity index (χ2v) is 5.78. The van der Waals surface area contributed by atoms with Crippen molar-refractivity contribution in [3.63, 3.8) is 0 Å². The second-order valence-electron chi connectivity index (χ2n) is 5.78. The highest BCUT2D eigenvalue weighted by atomic mass is 35.5. The number of carbonyl (C=O) groups is 1. The molecule has 0 radical (unpaired) electrons. The number of nitrogens with two attached hydrogens (primary N) is 1. The van der Waals surface area contributed by atoms with Gasteiger partial charge < -0.3 is 20.5 Å². The number of rotatable bonds is 4. The fraction of sp³-hybridized carbons (Fsp3) is 0.278. The predicted molar refractivity (Wildman–Crippen MR) is 94.6 cm³/mol. The number of para-hydroxylation sites is 2. The minimum Gasteiger partial charge on any atom is -0.486 e. The van der Waals surface area contributed by atoms with Crippen molar-refractivity contribution in [1.82, 2.24) is 5.32 Å². The van der Waals surface area contributed by atoms with Crippen LogP contribution in [0.5, 0.6) is 11.5 Å². The van der Waals surface area contributed by atoms with Gasteiger partial charge in [0.15, 0.2) is 11.5 Å². The van der Waals surface area contributed by atoms with Gasteiger partial charge in [0.2, 0.25) is 5.91 Å². The zero-order valence-electron chi connectivity index (χ0n) is 13.4. The Hall–Kier alpha value is -2.24. The summed E-state index contributed by atoms with van der Waals surface area (Å²) in [4.78, 5) is 12.4. The van der Waals surface area contributed by atoms with E-state index < -0.39 is 5.54 Å². The van der Waals surface area contributed by atoms with Gasteiger partial charge in [0, 0.05) is 0 Å². The lowest BCUT2D eigenvalue weighted by atomic mass is 9.92. The van der Waals surface area contributed by atoms with E-state index in [2.05, 4.69) is 5.32 Å². The molecular weight excluding hydrogens is 328 g/mol. The molecule has 3 rings (SSSR count). The van der Waals surface area contributed by atoms with E-state index in [0.29, 0.717) is 18.9 Å². The number of nitrogens with one attached hydrogen (secondary N) is 1. The molecule has 1 aliphatic rings. The molecule has 6 heteroatoms. The zero-order valence-corrected chi connectivity index (χ0v) is 14.2. The summed E-state index contributed by atoms with van der Waals surface area (Å²) < 4.78 is 11.5. The van der Waals surface area contributed by atoms with Crippen molar-refractivity contribution in [1.29, 1.82) is 0 Å². The highest BCUT2D eigenvalue weighted by molar-refractivity contribution is 5.87. The Labute approximate surface area is 147 Å². The molecule has 3 N–H and O–H groups in total. The van der Waals surface area contributed by atoms with Crippen LogP contribution in [-0.2, 0) is 10.3 Å². The molecule has 0 fully saturated rings. The Balaban J connectivity index is 0.00000208. The van der Waals surface area contributed by atoms with Crippen molar-refractivity contribution in [2.45, 2.75) is 18.6 Å². The summed E-state index contributed by atoms with van der Waals surface area (Å²) in [6, 6.07) is 16.8. The minimum absolute atomic E-state index is 0. The quantitative estimate of drug-likeness (QED) is 0.888. The average Bonchev–Trinajstić information content (AvgIpc) is 2.60. The van der Waals surface area contributed by atoms with Crippen LogP contribution in [0.3, 0.4) is 0 Å². The fourth-order valence-corrected chi connectivity index (χ4v) is 2.47. The summed E-state index contributed by atoms with van der Waals surface area (Å²) in [5.74, 6) is 1.17. The lowest BCUT2D eigenvalue weighted by molar-refractivity contribution is -0.126. The summed E-state index contributed by atoms with van der Waals surface area (Å²) in [6.45, 7) is 2.43. The number of hydrogen-bond donors (Lipinski definition) is 2. The summed E-state index contributed by atoms with van der Waals surface area (Å²) in [6.07, 6.45) is -0.236. The van der Waals surface area contributed by atoms with E-state index in [-0.39, 0.29) is 24.4 Å². The number of carbonyl (C=O) groups excluding carboxylic acids is 1. The van der Waals surface area contributed by atoms with E-state index in [4.69, 9.17) is 15.2 Å². The molecule has 0 aliphatic carbocycles. The molecule has 1 aliphatic heterocycles. The lowest BCUT2D eigenvalue weighted by Gasteiger charge is -2.29. The minimum atomic E-state index is -1.09. The van der Waals surface area contributed by atoms with E-state index in [0.717, 1.165) is 11.3 Å². The largest absolute Gasteiger partial charge is 0.486 e. The molecule has 2 aromatic carbocycles. The first-order valence-corrected chi connectivity index (χ1v) is 7.58. The maximum absolute atomic E-state index is 12.4. The topological polar surface area (TPSA) is 73.6 Å². The number of fused-ring (bicyclic) bond motifs is 1. The van der Waals surface area contributed by atoms with E-state index in [1.807, 2.05) is 54.6 Å². The molecule has 1 heterocycles. The van der Waals surface area contributed by atoms with Crippen LogP contribution < -0.4 is 20.5 Å². The zero-order chi connectivity index (χ0) is 16.3. The second kappa shape index (κ2) is 7.55. The Kier molecular flexibility index (Phi) is 5.70. The Morgan fingerprint density at radius 1 is 1.17 bits per heavy atom. The molecule has 2 aromatic rings. The third-order valence-corrected chi connectivity index (χ3v) is 3.90. The number of hydrogen-bond acceptors (Lipinski definition) is 4. The molecule has 24 heavy (non-hydrogen) atoms. The summed E-state index contributed by atoms with van der Waals surface area (Å²) in [5.41, 5.74) is 5.87. The molecule has 0 spiro atoms. The van der Waals surface area contributed by atoms with Crippen LogP contribution in [0.15, 0.2) is 54.6 Å². The van der Waals surface area contributed by atoms with Crippen molar-refractivity contribution < 1.29 is 14.3 Å². The number of halogens is 1. The SMILES string of the molecule is CC(N)(C(=O)NCC1COc2ccccc2O1)c1ccccc1.Cl. The molecule has 128 valence electrons. The third-order valence-electron chi connectivity index (χ3n) is 3.90. The normalized spacial score (nSPS) is 18.0. The van der Waals surface area contributed by atoms with Crippen LogP contribution in [0.4, 0.5) is 0 Å². The maximum atomic E-state index is 12.4. The van der Waals surface area contributed by atoms with Gasteiger partial charge in [-0.3, -0.25) is 4.79 Å². The highest BCUT2D eigenvalue weighted by Gasteiger charge is 2.31. The summed E-state index contributed by atoms with van der Waals surface area (Å²) in [7, 11) is 0. The summed E-state index contributed by atoms with van der Waals surface area (Å²) >= 11 is 0. The van der Waals surface area contributed by atoms with Crippen molar-refractivity contribution in [3.8, 4) is 11.5 Å². The lowest BCUT2D eigenvalue weighted by Crippen LogP contribution is -2.52. The maximum Gasteiger partial charge on any atom is 0.244 e. The van der Waals surface area contributed by atoms with E-state index >= 15 is 0 Å². The number of ether oxygens (including phenoxy) is 2. The van der Waals surface area contributed by atoms with Gasteiger partial charge in [0.25, 0.3) is 0 Å². The molecule has 0 saturated carbocycles. The molecule has 2 atom stereocenters. The first kappa shape index (κ1) is 18.1.